The van der Waals surface area contributed by atoms with Crippen LogP contribution in [0.15, 0.2) is 0 Å². The largest absolute Gasteiger partial charge is 0.460 e. The van der Waals surface area contributed by atoms with Gasteiger partial charge in [-0.15, -0.1) is 0 Å². The third-order valence-corrected chi connectivity index (χ3v) is 3.56. The van der Waals surface area contributed by atoms with Gasteiger partial charge in [0, 0.05) is 25.6 Å². The van der Waals surface area contributed by atoms with Crippen LogP contribution in [-0.2, 0) is 23.8 Å². The lowest BCUT2D eigenvalue weighted by Crippen LogP contribution is -2.61. The van der Waals surface area contributed by atoms with E-state index in [4.69, 9.17) is 14.2 Å². The number of ether oxygens (including phenoxy) is 3. The van der Waals surface area contributed by atoms with Crippen molar-refractivity contribution in [2.75, 3.05) is 5.88 Å². The Kier molecular flexibility index (Phi) is 6.78. The molecule has 116 valence electrons. The second kappa shape index (κ2) is 7.85. The first-order chi connectivity index (χ1) is 9.40. The van der Waals surface area contributed by atoms with Crippen LogP contribution in [0.25, 0.3) is 0 Å². The summed E-state index contributed by atoms with van der Waals surface area (Å²) in [5.41, 5.74) is 0. The van der Waals surface area contributed by atoms with Gasteiger partial charge in [-0.25, -0.2) is 0 Å². The van der Waals surface area contributed by atoms with Gasteiger partial charge in [-0.1, -0.05) is 13.8 Å². The molecule has 1 fully saturated rings. The van der Waals surface area contributed by atoms with E-state index in [0.717, 1.165) is 6.42 Å². The first kappa shape index (κ1) is 17.3. The second-order valence-electron chi connectivity index (χ2n) is 4.88. The fraction of sp³-hybridized carbons (Fsp3) is 0.846. The maximum Gasteiger partial charge on any atom is 0.304 e. The van der Waals surface area contributed by atoms with Crippen molar-refractivity contribution < 1.29 is 23.8 Å². The van der Waals surface area contributed by atoms with E-state index in [9.17, 15) is 9.59 Å². The van der Waals surface area contributed by atoms with Gasteiger partial charge in [-0.2, -0.15) is 12.6 Å². The average molecular weight is 305 g/mol. The summed E-state index contributed by atoms with van der Waals surface area (Å²) in [6, 6.07) is -0.432. The van der Waals surface area contributed by atoms with Crippen molar-refractivity contribution in [2.45, 2.75) is 58.7 Å². The minimum atomic E-state index is -0.787. The smallest absolute Gasteiger partial charge is 0.304 e. The fourth-order valence-corrected chi connectivity index (χ4v) is 2.71. The third kappa shape index (κ3) is 4.36. The standard InChI is InChI=1S/C13H23NO5S/c1-5-10-7(2)12(17-8(3)15)11(14-6-20)13(19-10)18-9(4)16/h7,10-14,20H,5-6H2,1-4H3/t7-,10-,11?,12+,13?/m1/s1. The quantitative estimate of drug-likeness (QED) is 0.450. The van der Waals surface area contributed by atoms with Gasteiger partial charge in [-0.3, -0.25) is 14.9 Å². The van der Waals surface area contributed by atoms with Gasteiger partial charge in [0.05, 0.1) is 6.10 Å². The molecule has 1 heterocycles. The number of hydrogen-bond acceptors (Lipinski definition) is 7. The molecule has 0 aromatic rings. The Balaban J connectivity index is 2.97. The summed E-state index contributed by atoms with van der Waals surface area (Å²) >= 11 is 4.12. The van der Waals surface area contributed by atoms with Crippen molar-refractivity contribution in [3.05, 3.63) is 0 Å². The molecule has 6 nitrogen and oxygen atoms in total. The fourth-order valence-electron chi connectivity index (χ4n) is 2.50. The Morgan fingerprint density at radius 2 is 1.85 bits per heavy atom. The maximum absolute atomic E-state index is 11.3. The van der Waals surface area contributed by atoms with Crippen LogP contribution in [0.2, 0.25) is 0 Å². The van der Waals surface area contributed by atoms with Crippen molar-refractivity contribution in [3.8, 4) is 0 Å². The SMILES string of the molecule is CC[C@H]1OC(OC(C)=O)C(NCS)[C@@H](OC(C)=O)[C@@H]1C. The summed E-state index contributed by atoms with van der Waals surface area (Å²) in [6.45, 7) is 6.62. The summed E-state index contributed by atoms with van der Waals surface area (Å²) in [5, 5.41) is 3.06. The Hall–Kier alpha value is -0.790. The molecule has 2 unspecified atom stereocenters. The van der Waals surface area contributed by atoms with Crippen LogP contribution in [-0.4, -0.2) is 42.4 Å². The van der Waals surface area contributed by atoms with Gasteiger partial charge in [-0.05, 0) is 6.42 Å². The van der Waals surface area contributed by atoms with E-state index in [-0.39, 0.29) is 18.0 Å². The highest BCUT2D eigenvalue weighted by molar-refractivity contribution is 7.80. The molecule has 1 rings (SSSR count). The summed E-state index contributed by atoms with van der Waals surface area (Å²) < 4.78 is 16.4. The van der Waals surface area contributed by atoms with Crippen molar-refractivity contribution in [3.63, 3.8) is 0 Å². The molecule has 7 heteroatoms. The summed E-state index contributed by atoms with van der Waals surface area (Å²) in [6.07, 6.45) is -0.612. The van der Waals surface area contributed by atoms with Crippen LogP contribution in [0.5, 0.6) is 0 Å². The molecule has 20 heavy (non-hydrogen) atoms. The molecule has 1 saturated heterocycles. The number of nitrogens with one attached hydrogen (secondary N) is 1. The number of carbonyl (C=O) groups is 2. The Morgan fingerprint density at radius 3 is 2.30 bits per heavy atom. The van der Waals surface area contributed by atoms with E-state index >= 15 is 0 Å². The maximum atomic E-state index is 11.3. The monoisotopic (exact) mass is 305 g/mol. The molecule has 0 bridgehead atoms. The van der Waals surface area contributed by atoms with Gasteiger partial charge in [0.25, 0.3) is 0 Å². The molecular weight excluding hydrogens is 282 g/mol. The van der Waals surface area contributed by atoms with Gasteiger partial charge >= 0.3 is 11.9 Å². The van der Waals surface area contributed by atoms with Crippen molar-refractivity contribution in [2.24, 2.45) is 5.92 Å². The van der Waals surface area contributed by atoms with Crippen LogP contribution >= 0.6 is 12.6 Å². The highest BCUT2D eigenvalue weighted by atomic mass is 32.1. The molecule has 0 radical (unpaired) electrons. The first-order valence-corrected chi connectivity index (χ1v) is 7.38. The van der Waals surface area contributed by atoms with Crippen LogP contribution in [0, 0.1) is 5.92 Å². The lowest BCUT2D eigenvalue weighted by Gasteiger charge is -2.44. The van der Waals surface area contributed by atoms with Crippen LogP contribution in [0.3, 0.4) is 0 Å². The van der Waals surface area contributed by atoms with Gasteiger partial charge in [0.1, 0.15) is 12.1 Å². The van der Waals surface area contributed by atoms with Crippen molar-refractivity contribution in [1.82, 2.24) is 5.32 Å². The summed E-state index contributed by atoms with van der Waals surface area (Å²) in [7, 11) is 0. The number of esters is 2. The molecule has 0 saturated carbocycles. The van der Waals surface area contributed by atoms with Gasteiger partial charge < -0.3 is 14.2 Å². The minimum Gasteiger partial charge on any atom is -0.460 e. The molecule has 0 aromatic heterocycles. The van der Waals surface area contributed by atoms with Gasteiger partial charge in [0.15, 0.2) is 0 Å². The highest BCUT2D eigenvalue weighted by Crippen LogP contribution is 2.30. The Morgan fingerprint density at radius 1 is 1.25 bits per heavy atom. The lowest BCUT2D eigenvalue weighted by molar-refractivity contribution is -0.246. The van der Waals surface area contributed by atoms with Gasteiger partial charge in [0.2, 0.25) is 6.29 Å². The van der Waals surface area contributed by atoms with E-state index < -0.39 is 24.4 Å². The number of carbonyl (C=O) groups excluding carboxylic acids is 2. The number of rotatable bonds is 5. The molecular formula is C13H23NO5S. The molecule has 0 aromatic carbocycles. The minimum absolute atomic E-state index is 0.00640. The number of thiol groups is 1. The van der Waals surface area contributed by atoms with E-state index in [1.165, 1.54) is 13.8 Å². The van der Waals surface area contributed by atoms with Crippen LogP contribution in [0.4, 0.5) is 0 Å². The van der Waals surface area contributed by atoms with Crippen LogP contribution < -0.4 is 5.32 Å². The molecule has 1 aliphatic heterocycles. The van der Waals surface area contributed by atoms with Crippen molar-refractivity contribution >= 4 is 24.6 Å². The Bertz CT molecular complexity index is 352. The third-order valence-electron chi connectivity index (χ3n) is 3.37. The Labute approximate surface area is 124 Å². The molecule has 1 aliphatic rings. The molecule has 1 N–H and O–H groups in total. The topological polar surface area (TPSA) is 73.9 Å². The van der Waals surface area contributed by atoms with E-state index in [1.54, 1.807) is 0 Å². The zero-order valence-corrected chi connectivity index (χ0v) is 13.2. The summed E-state index contributed by atoms with van der Waals surface area (Å²) in [5.74, 6) is -0.459. The molecule has 0 amide bonds. The first-order valence-electron chi connectivity index (χ1n) is 6.74. The van der Waals surface area contributed by atoms with Crippen LogP contribution in [0.1, 0.15) is 34.1 Å². The van der Waals surface area contributed by atoms with E-state index in [1.807, 2.05) is 13.8 Å². The second-order valence-corrected chi connectivity index (χ2v) is 5.20. The van der Waals surface area contributed by atoms with E-state index in [0.29, 0.717) is 5.88 Å². The zero-order chi connectivity index (χ0) is 15.3. The summed E-state index contributed by atoms with van der Waals surface area (Å²) in [4.78, 5) is 22.5. The average Bonchev–Trinajstić information content (AvgIpc) is 2.36. The van der Waals surface area contributed by atoms with E-state index in [2.05, 4.69) is 17.9 Å². The zero-order valence-electron chi connectivity index (χ0n) is 12.3. The molecule has 0 aliphatic carbocycles. The molecule has 5 atom stereocenters. The number of hydrogen-bond donors (Lipinski definition) is 2. The molecule has 0 spiro atoms. The predicted molar refractivity (Wildman–Crippen MR) is 76.2 cm³/mol. The van der Waals surface area contributed by atoms with Crippen molar-refractivity contribution in [1.29, 1.82) is 0 Å². The highest BCUT2D eigenvalue weighted by Gasteiger charge is 2.46. The normalized spacial score (nSPS) is 33.5. The predicted octanol–water partition coefficient (Wildman–Crippen LogP) is 1.10. The lowest BCUT2D eigenvalue weighted by atomic mass is 9.87.